The van der Waals surface area contributed by atoms with Crippen LogP contribution in [0.2, 0.25) is 0 Å². The van der Waals surface area contributed by atoms with E-state index in [1.54, 1.807) is 6.92 Å². The third kappa shape index (κ3) is 5.40. The fourth-order valence-electron chi connectivity index (χ4n) is 3.19. The van der Waals surface area contributed by atoms with Crippen molar-refractivity contribution >= 4 is 23.4 Å². The van der Waals surface area contributed by atoms with Gasteiger partial charge in [0, 0.05) is 46.3 Å². The first-order valence-corrected chi connectivity index (χ1v) is 9.83. The Bertz CT molecular complexity index is 951. The summed E-state index contributed by atoms with van der Waals surface area (Å²) in [6.45, 7) is 4.45. The minimum atomic E-state index is -0.711. The smallest absolute Gasteiger partial charge is 0.320 e. The molecule has 12 heteroatoms. The van der Waals surface area contributed by atoms with E-state index < -0.39 is 23.7 Å². The van der Waals surface area contributed by atoms with E-state index in [0.717, 1.165) is 0 Å². The molecule has 31 heavy (non-hydrogen) atoms. The molecule has 166 valence electrons. The van der Waals surface area contributed by atoms with Crippen LogP contribution < -0.4 is 20.9 Å². The lowest BCUT2D eigenvalue weighted by Gasteiger charge is -2.35. The topological polar surface area (TPSA) is 115 Å². The van der Waals surface area contributed by atoms with Crippen molar-refractivity contribution in [1.29, 1.82) is 0 Å². The number of amides is 3. The number of carbonyl (C=O) groups excluding carboxylic acids is 2. The first-order valence-electron chi connectivity index (χ1n) is 9.83. The van der Waals surface area contributed by atoms with Crippen LogP contribution in [0.15, 0.2) is 18.5 Å². The van der Waals surface area contributed by atoms with Crippen molar-refractivity contribution in [3.8, 4) is 0 Å². The summed E-state index contributed by atoms with van der Waals surface area (Å²) in [6.07, 6.45) is 1.20. The second-order valence-electron chi connectivity index (χ2n) is 6.82. The number of halogens is 2. The van der Waals surface area contributed by atoms with Gasteiger partial charge in [-0.15, -0.1) is 0 Å². The van der Waals surface area contributed by atoms with E-state index >= 15 is 0 Å². The number of anilines is 2. The third-order valence-electron chi connectivity index (χ3n) is 4.81. The number of rotatable bonds is 6. The van der Waals surface area contributed by atoms with E-state index in [1.165, 1.54) is 25.5 Å². The van der Waals surface area contributed by atoms with Crippen molar-refractivity contribution in [3.63, 3.8) is 0 Å². The van der Waals surface area contributed by atoms with Gasteiger partial charge in [-0.1, -0.05) is 0 Å². The molecule has 0 atom stereocenters. The zero-order valence-corrected chi connectivity index (χ0v) is 17.3. The molecule has 0 spiro atoms. The highest BCUT2D eigenvalue weighted by Gasteiger charge is 2.23. The largest absolute Gasteiger partial charge is 0.365 e. The molecule has 3 rings (SSSR count). The summed E-state index contributed by atoms with van der Waals surface area (Å²) in [6, 6.07) is 2.47. The second-order valence-corrected chi connectivity index (χ2v) is 6.82. The van der Waals surface area contributed by atoms with E-state index in [9.17, 15) is 18.4 Å². The van der Waals surface area contributed by atoms with Gasteiger partial charge in [0.1, 0.15) is 12.0 Å². The molecule has 3 N–H and O–H groups in total. The maximum atomic E-state index is 14.7. The lowest BCUT2D eigenvalue weighted by Crippen LogP contribution is -2.46. The molecule has 0 aliphatic carbocycles. The minimum Gasteiger partial charge on any atom is -0.365 e. The van der Waals surface area contributed by atoms with Crippen molar-refractivity contribution in [3.05, 3.63) is 41.6 Å². The van der Waals surface area contributed by atoms with Crippen molar-refractivity contribution < 1.29 is 18.4 Å². The van der Waals surface area contributed by atoms with Gasteiger partial charge in [0.25, 0.3) is 5.91 Å². The summed E-state index contributed by atoms with van der Waals surface area (Å²) in [5, 5.41) is 7.27. The Morgan fingerprint density at radius 3 is 2.52 bits per heavy atom. The van der Waals surface area contributed by atoms with Crippen LogP contribution >= 0.6 is 0 Å². The van der Waals surface area contributed by atoms with Crippen molar-refractivity contribution in [2.45, 2.75) is 13.5 Å². The summed E-state index contributed by atoms with van der Waals surface area (Å²) >= 11 is 0. The van der Waals surface area contributed by atoms with Gasteiger partial charge in [-0.2, -0.15) is 4.39 Å². The van der Waals surface area contributed by atoms with Gasteiger partial charge in [0.05, 0.1) is 11.4 Å². The Hall–Kier alpha value is -3.41. The molecule has 0 bridgehead atoms. The molecule has 0 saturated carbocycles. The predicted molar refractivity (Wildman–Crippen MR) is 110 cm³/mol. The number of aromatic nitrogens is 3. The van der Waals surface area contributed by atoms with Crippen LogP contribution in [0.5, 0.6) is 0 Å². The summed E-state index contributed by atoms with van der Waals surface area (Å²) < 4.78 is 29.0. The molecular weight excluding hydrogens is 410 g/mol. The van der Waals surface area contributed by atoms with Gasteiger partial charge in [0.15, 0.2) is 11.6 Å². The SMILES string of the molecule is CCNC(=O)Nc1ncnc(CN2CCN(c3ccc(C(=O)NC)nc3F)CC2)c1F. The molecule has 0 unspecified atom stereocenters. The number of hydrogen-bond acceptors (Lipinski definition) is 7. The molecule has 10 nitrogen and oxygen atoms in total. The third-order valence-corrected chi connectivity index (χ3v) is 4.81. The second kappa shape index (κ2) is 10.1. The van der Waals surface area contributed by atoms with Crippen LogP contribution in [0.25, 0.3) is 0 Å². The van der Waals surface area contributed by atoms with Crippen molar-refractivity contribution in [2.24, 2.45) is 0 Å². The van der Waals surface area contributed by atoms with E-state index in [1.807, 2.05) is 9.80 Å². The quantitative estimate of drug-likeness (QED) is 0.581. The highest BCUT2D eigenvalue weighted by Crippen LogP contribution is 2.21. The van der Waals surface area contributed by atoms with E-state index in [4.69, 9.17) is 0 Å². The standard InChI is InChI=1S/C19H24F2N8O2/c1-3-23-19(31)27-17-15(20)13(24-11-25-17)10-28-6-8-29(9-7-28)14-5-4-12(18(30)22-2)26-16(14)21/h4-5,11H,3,6-10H2,1-2H3,(H,22,30)(H2,23,24,25,27,31). The maximum Gasteiger partial charge on any atom is 0.320 e. The molecule has 2 aromatic heterocycles. The molecule has 3 heterocycles. The number of hydrogen-bond donors (Lipinski definition) is 3. The molecule has 1 saturated heterocycles. The van der Waals surface area contributed by atoms with Crippen LogP contribution in [0.4, 0.5) is 25.1 Å². The molecular formula is C19H24F2N8O2. The average molecular weight is 434 g/mol. The molecule has 3 amide bonds. The first kappa shape index (κ1) is 22.3. The van der Waals surface area contributed by atoms with Crippen molar-refractivity contribution in [1.82, 2.24) is 30.5 Å². The maximum absolute atomic E-state index is 14.7. The number of nitrogens with one attached hydrogen (secondary N) is 3. The van der Waals surface area contributed by atoms with Crippen LogP contribution in [-0.4, -0.2) is 71.6 Å². The Kier molecular flexibility index (Phi) is 7.23. The van der Waals surface area contributed by atoms with Gasteiger partial charge in [-0.25, -0.2) is 24.1 Å². The van der Waals surface area contributed by atoms with Crippen LogP contribution in [0, 0.1) is 11.8 Å². The zero-order chi connectivity index (χ0) is 22.4. The molecule has 1 aliphatic rings. The van der Waals surface area contributed by atoms with Crippen LogP contribution in [-0.2, 0) is 6.54 Å². The first-order chi connectivity index (χ1) is 14.9. The number of pyridine rings is 1. The van der Waals surface area contributed by atoms with E-state index in [0.29, 0.717) is 38.4 Å². The molecule has 0 aromatic carbocycles. The fraction of sp³-hybridized carbons (Fsp3) is 0.421. The minimum absolute atomic E-state index is 0.0126. The summed E-state index contributed by atoms with van der Waals surface area (Å²) in [5.74, 6) is -2.03. The molecule has 0 radical (unpaired) electrons. The van der Waals surface area contributed by atoms with Gasteiger partial charge >= 0.3 is 6.03 Å². The Morgan fingerprint density at radius 1 is 1.13 bits per heavy atom. The normalized spacial score (nSPS) is 14.3. The number of nitrogens with zero attached hydrogens (tertiary/aromatic N) is 5. The molecule has 1 fully saturated rings. The summed E-state index contributed by atoms with van der Waals surface area (Å²) in [7, 11) is 1.45. The summed E-state index contributed by atoms with van der Waals surface area (Å²) in [4.78, 5) is 38.5. The van der Waals surface area contributed by atoms with Gasteiger partial charge in [-0.3, -0.25) is 15.0 Å². The Balaban J connectivity index is 1.61. The molecule has 1 aliphatic heterocycles. The van der Waals surface area contributed by atoms with Gasteiger partial charge < -0.3 is 15.5 Å². The fourth-order valence-corrected chi connectivity index (χ4v) is 3.19. The number of carbonyl (C=O) groups is 2. The highest BCUT2D eigenvalue weighted by molar-refractivity contribution is 5.92. The number of urea groups is 1. The van der Waals surface area contributed by atoms with E-state index in [2.05, 4.69) is 30.9 Å². The van der Waals surface area contributed by atoms with Crippen LogP contribution in [0.1, 0.15) is 23.1 Å². The van der Waals surface area contributed by atoms with Crippen molar-refractivity contribution in [2.75, 3.05) is 50.0 Å². The van der Waals surface area contributed by atoms with Crippen LogP contribution in [0.3, 0.4) is 0 Å². The predicted octanol–water partition coefficient (Wildman–Crippen LogP) is 0.973. The number of piperazine rings is 1. The van der Waals surface area contributed by atoms with Gasteiger partial charge in [0.2, 0.25) is 5.95 Å². The zero-order valence-electron chi connectivity index (χ0n) is 17.3. The monoisotopic (exact) mass is 434 g/mol. The van der Waals surface area contributed by atoms with Gasteiger partial charge in [-0.05, 0) is 19.1 Å². The Labute approximate surface area is 178 Å². The average Bonchev–Trinajstić information content (AvgIpc) is 2.76. The lowest BCUT2D eigenvalue weighted by molar-refractivity contribution is 0.0957. The summed E-state index contributed by atoms with van der Waals surface area (Å²) in [5.41, 5.74) is 0.491. The van der Waals surface area contributed by atoms with E-state index in [-0.39, 0.29) is 23.8 Å². The highest BCUT2D eigenvalue weighted by atomic mass is 19.1. The lowest BCUT2D eigenvalue weighted by atomic mass is 10.2. The Morgan fingerprint density at radius 2 is 1.87 bits per heavy atom. The molecule has 2 aromatic rings.